The molecule has 0 fully saturated rings. The van der Waals surface area contributed by atoms with Crippen molar-refractivity contribution in [2.45, 2.75) is 9.79 Å². The Morgan fingerprint density at radius 1 is 0.581 bits per heavy atom. The van der Waals surface area contributed by atoms with Crippen LogP contribution in [0.2, 0.25) is 10.0 Å². The SMILES string of the molecule is O=S(=O)(/N=C1C=C(Cl)/C(=N\S(=O)(=O)c2ccc(Cl)cc2)C(Cl)=C\1Cl)c1ccc(Cl)cc1. The standard InChI is InChI=1S/C18H9Cl5N2O4S2/c19-10-1-5-12(6-2-10)30(26,27)24-15-9-14(21)18(17(23)16(15)22)25-31(28,29)13-7-3-11(20)4-8-13/h1-9H/b24-15+,25-18+. The highest BCUT2D eigenvalue weighted by Gasteiger charge is 2.27. The van der Waals surface area contributed by atoms with Gasteiger partial charge in [0.25, 0.3) is 20.0 Å². The molecule has 0 aliphatic heterocycles. The second kappa shape index (κ2) is 9.23. The van der Waals surface area contributed by atoms with Gasteiger partial charge in [0.15, 0.2) is 0 Å². The molecule has 31 heavy (non-hydrogen) atoms. The second-order valence-corrected chi connectivity index (χ2v) is 11.1. The van der Waals surface area contributed by atoms with E-state index in [-0.39, 0.29) is 36.3 Å². The first-order valence-corrected chi connectivity index (χ1v) is 12.8. The molecule has 2 aromatic rings. The molecular weight excluding hydrogens is 550 g/mol. The van der Waals surface area contributed by atoms with Crippen molar-refractivity contribution in [3.05, 3.63) is 79.7 Å². The number of rotatable bonds is 4. The van der Waals surface area contributed by atoms with E-state index < -0.39 is 20.0 Å². The Balaban J connectivity index is 2.04. The van der Waals surface area contributed by atoms with Crippen molar-refractivity contribution < 1.29 is 16.8 Å². The number of hydrogen-bond donors (Lipinski definition) is 0. The topological polar surface area (TPSA) is 93.0 Å². The normalized spacial score (nSPS) is 17.9. The summed E-state index contributed by atoms with van der Waals surface area (Å²) in [6.45, 7) is 0. The first-order valence-electron chi connectivity index (χ1n) is 8.05. The monoisotopic (exact) mass is 556 g/mol. The molecule has 0 spiro atoms. The molecule has 0 unspecified atom stereocenters. The molecule has 0 bridgehead atoms. The summed E-state index contributed by atoms with van der Waals surface area (Å²) in [4.78, 5) is -0.293. The summed E-state index contributed by atoms with van der Waals surface area (Å²) in [7, 11) is -8.39. The predicted octanol–water partition coefficient (Wildman–Crippen LogP) is 5.78. The molecule has 0 amide bonds. The minimum atomic E-state index is -4.21. The average Bonchev–Trinajstić information content (AvgIpc) is 2.70. The summed E-state index contributed by atoms with van der Waals surface area (Å²) in [5.74, 6) is 0. The highest BCUT2D eigenvalue weighted by Crippen LogP contribution is 2.31. The quantitative estimate of drug-likeness (QED) is 0.445. The Labute approximate surface area is 203 Å². The van der Waals surface area contributed by atoms with Gasteiger partial charge in [-0.2, -0.15) is 25.6 Å². The van der Waals surface area contributed by atoms with E-state index in [2.05, 4.69) is 8.80 Å². The zero-order chi connectivity index (χ0) is 23.0. The van der Waals surface area contributed by atoms with Crippen LogP contribution in [0, 0.1) is 0 Å². The molecular formula is C18H9Cl5N2O4S2. The van der Waals surface area contributed by atoms with Crippen LogP contribution in [-0.4, -0.2) is 28.3 Å². The number of sulfonamides is 2. The Morgan fingerprint density at radius 3 is 1.45 bits per heavy atom. The van der Waals surface area contributed by atoms with Gasteiger partial charge in [-0.25, -0.2) is 0 Å². The summed E-state index contributed by atoms with van der Waals surface area (Å²) >= 11 is 29.9. The zero-order valence-corrected chi connectivity index (χ0v) is 20.3. The highest BCUT2D eigenvalue weighted by molar-refractivity contribution is 7.90. The van der Waals surface area contributed by atoms with Gasteiger partial charge in [-0.3, -0.25) is 0 Å². The number of allylic oxidation sites excluding steroid dienone is 4. The Morgan fingerprint density at radius 2 is 1.00 bits per heavy atom. The van der Waals surface area contributed by atoms with Crippen molar-refractivity contribution in [1.29, 1.82) is 0 Å². The minimum absolute atomic E-state index is 0.140. The lowest BCUT2D eigenvalue weighted by Crippen LogP contribution is -2.16. The lowest BCUT2D eigenvalue weighted by Gasteiger charge is -2.14. The van der Waals surface area contributed by atoms with Crippen LogP contribution in [0.1, 0.15) is 0 Å². The fourth-order valence-corrected chi connectivity index (χ4v) is 5.41. The van der Waals surface area contributed by atoms with Crippen molar-refractivity contribution >= 4 is 89.5 Å². The summed E-state index contributed by atoms with van der Waals surface area (Å²) in [5.41, 5.74) is -0.638. The van der Waals surface area contributed by atoms with Crippen molar-refractivity contribution in [2.75, 3.05) is 0 Å². The van der Waals surface area contributed by atoms with Crippen molar-refractivity contribution in [2.24, 2.45) is 8.80 Å². The Bertz CT molecular complexity index is 1380. The third kappa shape index (κ3) is 5.51. The molecule has 1 aliphatic rings. The molecule has 0 radical (unpaired) electrons. The fourth-order valence-electron chi connectivity index (χ4n) is 2.29. The van der Waals surface area contributed by atoms with E-state index in [0.29, 0.717) is 10.0 Å². The maximum absolute atomic E-state index is 12.6. The number of halogens is 5. The zero-order valence-electron chi connectivity index (χ0n) is 14.9. The molecule has 6 nitrogen and oxygen atoms in total. The van der Waals surface area contributed by atoms with Gasteiger partial charge in [0.2, 0.25) is 0 Å². The maximum Gasteiger partial charge on any atom is 0.282 e. The molecule has 2 aromatic carbocycles. The minimum Gasteiger partial charge on any atom is -0.199 e. The van der Waals surface area contributed by atoms with Crippen LogP contribution >= 0.6 is 58.0 Å². The van der Waals surface area contributed by atoms with Gasteiger partial charge >= 0.3 is 0 Å². The first-order chi connectivity index (χ1) is 14.4. The molecule has 13 heteroatoms. The molecule has 0 atom stereocenters. The molecule has 0 saturated heterocycles. The van der Waals surface area contributed by atoms with E-state index in [1.807, 2.05) is 0 Å². The molecule has 0 saturated carbocycles. The third-order valence-corrected chi connectivity index (χ3v) is 8.00. The van der Waals surface area contributed by atoms with Crippen LogP contribution in [0.4, 0.5) is 0 Å². The second-order valence-electron chi connectivity index (χ2n) is 5.89. The van der Waals surface area contributed by atoms with Crippen molar-refractivity contribution in [1.82, 2.24) is 0 Å². The van der Waals surface area contributed by atoms with Crippen LogP contribution in [-0.2, 0) is 20.0 Å². The van der Waals surface area contributed by atoms with Crippen molar-refractivity contribution in [3.8, 4) is 0 Å². The molecule has 0 N–H and O–H groups in total. The predicted molar refractivity (Wildman–Crippen MR) is 125 cm³/mol. The Kier molecular flexibility index (Phi) is 7.22. The average molecular weight is 559 g/mol. The van der Waals surface area contributed by atoms with E-state index in [1.54, 1.807) is 0 Å². The lowest BCUT2D eigenvalue weighted by atomic mass is 10.1. The fraction of sp³-hybridized carbons (Fsp3) is 0. The highest BCUT2D eigenvalue weighted by atomic mass is 35.5. The number of benzene rings is 2. The van der Waals surface area contributed by atoms with Crippen LogP contribution in [0.15, 0.2) is 88.3 Å². The van der Waals surface area contributed by atoms with Gasteiger partial charge in [0.1, 0.15) is 5.71 Å². The summed E-state index contributed by atoms with van der Waals surface area (Å²) in [6, 6.07) is 10.6. The smallest absolute Gasteiger partial charge is 0.199 e. The van der Waals surface area contributed by atoms with Gasteiger partial charge in [-0.05, 0) is 54.6 Å². The lowest BCUT2D eigenvalue weighted by molar-refractivity contribution is 0.596. The summed E-state index contributed by atoms with van der Waals surface area (Å²) < 4.78 is 57.4. The summed E-state index contributed by atoms with van der Waals surface area (Å²) in [5, 5.41) is -0.302. The van der Waals surface area contributed by atoms with Crippen LogP contribution in [0.3, 0.4) is 0 Å². The van der Waals surface area contributed by atoms with Gasteiger partial charge < -0.3 is 0 Å². The first kappa shape index (κ1) is 24.3. The van der Waals surface area contributed by atoms with Gasteiger partial charge in [-0.1, -0.05) is 58.0 Å². The molecule has 0 aromatic heterocycles. The van der Waals surface area contributed by atoms with Crippen molar-refractivity contribution in [3.63, 3.8) is 0 Å². The molecule has 1 aliphatic carbocycles. The largest absolute Gasteiger partial charge is 0.282 e. The van der Waals surface area contributed by atoms with E-state index in [0.717, 1.165) is 6.08 Å². The van der Waals surface area contributed by atoms with Gasteiger partial charge in [0, 0.05) is 10.0 Å². The maximum atomic E-state index is 12.6. The van der Waals surface area contributed by atoms with E-state index in [1.165, 1.54) is 48.5 Å². The van der Waals surface area contributed by atoms with Crippen LogP contribution < -0.4 is 0 Å². The van der Waals surface area contributed by atoms with E-state index in [4.69, 9.17) is 58.0 Å². The molecule has 162 valence electrons. The van der Waals surface area contributed by atoms with Crippen LogP contribution in [0.25, 0.3) is 0 Å². The van der Waals surface area contributed by atoms with Crippen LogP contribution in [0.5, 0.6) is 0 Å². The van der Waals surface area contributed by atoms with E-state index in [9.17, 15) is 16.8 Å². The third-order valence-electron chi connectivity index (χ3n) is 3.77. The Hall–Kier alpha value is -1.39. The van der Waals surface area contributed by atoms with Gasteiger partial charge in [-0.15, -0.1) is 0 Å². The number of nitrogens with zero attached hydrogens (tertiary/aromatic N) is 2. The van der Waals surface area contributed by atoms with Gasteiger partial charge in [0.05, 0.1) is 30.6 Å². The molecule has 3 rings (SSSR count). The van der Waals surface area contributed by atoms with E-state index >= 15 is 0 Å². The molecule has 0 heterocycles. The summed E-state index contributed by atoms with van der Waals surface area (Å²) in [6.07, 6.45) is 1.06. The number of hydrogen-bond acceptors (Lipinski definition) is 4.